The molecule has 2 fully saturated rings. The van der Waals surface area contributed by atoms with E-state index in [1.165, 1.54) is 31.4 Å². The number of rotatable bonds is 5. The maximum atomic E-state index is 13.8. The zero-order valence-electron chi connectivity index (χ0n) is 13.6. The van der Waals surface area contributed by atoms with Crippen molar-refractivity contribution in [1.29, 1.82) is 0 Å². The van der Waals surface area contributed by atoms with E-state index in [1.54, 1.807) is 0 Å². The fourth-order valence-electron chi connectivity index (χ4n) is 3.83. The van der Waals surface area contributed by atoms with Crippen molar-refractivity contribution in [3.05, 3.63) is 35.4 Å². The summed E-state index contributed by atoms with van der Waals surface area (Å²) < 4.78 is 26.8. The Hall–Kier alpha value is -1.20. The highest BCUT2D eigenvalue weighted by Crippen LogP contribution is 2.48. The van der Waals surface area contributed by atoms with Gasteiger partial charge in [-0.05, 0) is 42.7 Å². The predicted molar refractivity (Wildman–Crippen MR) is 92.0 cm³/mol. The first kappa shape index (κ1) is 19.1. The van der Waals surface area contributed by atoms with Gasteiger partial charge in [-0.25, -0.2) is 8.78 Å². The van der Waals surface area contributed by atoms with E-state index in [-0.39, 0.29) is 36.2 Å². The second-order valence-electron chi connectivity index (χ2n) is 6.86. The number of carbonyl (C=O) groups is 1. The zero-order valence-corrected chi connectivity index (χ0v) is 14.5. The molecule has 1 aromatic carbocycles. The number of nitrogens with two attached hydrogens (primary N) is 1. The fraction of sp³-hybridized carbons (Fsp3) is 0.611. The topological polar surface area (TPSA) is 55.1 Å². The van der Waals surface area contributed by atoms with Crippen molar-refractivity contribution < 1.29 is 13.6 Å². The van der Waals surface area contributed by atoms with Gasteiger partial charge in [0.1, 0.15) is 11.6 Å². The Morgan fingerprint density at radius 3 is 2.58 bits per heavy atom. The van der Waals surface area contributed by atoms with E-state index in [0.29, 0.717) is 24.4 Å². The minimum atomic E-state index is -0.589. The summed E-state index contributed by atoms with van der Waals surface area (Å²) in [5, 5.41) is 3.07. The third-order valence-electron chi connectivity index (χ3n) is 5.29. The molecule has 0 saturated heterocycles. The molecule has 0 spiro atoms. The molecule has 2 aliphatic rings. The highest BCUT2D eigenvalue weighted by molar-refractivity contribution is 5.85. The van der Waals surface area contributed by atoms with Gasteiger partial charge in [0.15, 0.2) is 0 Å². The summed E-state index contributed by atoms with van der Waals surface area (Å²) in [6.07, 6.45) is 6.51. The van der Waals surface area contributed by atoms with Crippen molar-refractivity contribution >= 4 is 18.3 Å². The molecule has 6 heteroatoms. The first-order chi connectivity index (χ1) is 11.1. The van der Waals surface area contributed by atoms with Crippen LogP contribution in [-0.4, -0.2) is 18.5 Å². The first-order valence-corrected chi connectivity index (χ1v) is 8.55. The van der Waals surface area contributed by atoms with Crippen LogP contribution in [0.4, 0.5) is 8.78 Å². The Kier molecular flexibility index (Phi) is 6.58. The second-order valence-corrected chi connectivity index (χ2v) is 6.86. The molecule has 1 amide bonds. The van der Waals surface area contributed by atoms with Crippen LogP contribution in [0.1, 0.15) is 50.0 Å². The van der Waals surface area contributed by atoms with Gasteiger partial charge in [0.2, 0.25) is 5.91 Å². The molecule has 3 atom stereocenters. The van der Waals surface area contributed by atoms with E-state index >= 15 is 0 Å². The third-order valence-corrected chi connectivity index (χ3v) is 5.29. The number of hydrogen-bond acceptors (Lipinski definition) is 2. The maximum absolute atomic E-state index is 13.8. The van der Waals surface area contributed by atoms with Crippen molar-refractivity contribution in [3.63, 3.8) is 0 Å². The standard InChI is InChI=1S/C18H24F2N2O.ClH/c19-12-6-7-13(16(20)8-12)14-9-15(14)18(23)22-17(10-21)11-4-2-1-3-5-11;/h6-8,11,14-15,17H,1-5,9-10,21H2,(H,22,23);1H. The number of carbonyl (C=O) groups excluding carboxylic acids is 1. The molecule has 24 heavy (non-hydrogen) atoms. The molecule has 2 saturated carbocycles. The van der Waals surface area contributed by atoms with Gasteiger partial charge in [-0.3, -0.25) is 4.79 Å². The van der Waals surface area contributed by atoms with Gasteiger partial charge >= 0.3 is 0 Å². The van der Waals surface area contributed by atoms with Crippen LogP contribution >= 0.6 is 12.4 Å². The van der Waals surface area contributed by atoms with Gasteiger partial charge in [0, 0.05) is 24.6 Å². The van der Waals surface area contributed by atoms with Crippen LogP contribution < -0.4 is 11.1 Å². The molecule has 2 aliphatic carbocycles. The molecule has 0 radical (unpaired) electrons. The summed E-state index contributed by atoms with van der Waals surface area (Å²) in [6, 6.07) is 3.59. The van der Waals surface area contributed by atoms with Crippen molar-refractivity contribution in [2.45, 2.75) is 50.5 Å². The van der Waals surface area contributed by atoms with Crippen LogP contribution in [0.15, 0.2) is 18.2 Å². The van der Waals surface area contributed by atoms with Crippen LogP contribution in [0.5, 0.6) is 0 Å². The molecule has 3 unspecified atom stereocenters. The molecule has 3 N–H and O–H groups in total. The Morgan fingerprint density at radius 2 is 1.96 bits per heavy atom. The number of nitrogens with one attached hydrogen (secondary N) is 1. The molecule has 0 bridgehead atoms. The molecular formula is C18H25ClF2N2O. The van der Waals surface area contributed by atoms with E-state index in [0.717, 1.165) is 18.9 Å². The molecule has 3 rings (SSSR count). The number of halogens is 3. The zero-order chi connectivity index (χ0) is 16.4. The average Bonchev–Trinajstić information content (AvgIpc) is 3.33. The highest BCUT2D eigenvalue weighted by Gasteiger charge is 2.46. The van der Waals surface area contributed by atoms with Gasteiger partial charge in [-0.1, -0.05) is 25.3 Å². The predicted octanol–water partition coefficient (Wildman–Crippen LogP) is 3.51. The van der Waals surface area contributed by atoms with Crippen LogP contribution in [0.2, 0.25) is 0 Å². The molecule has 0 aromatic heterocycles. The van der Waals surface area contributed by atoms with E-state index in [4.69, 9.17) is 5.73 Å². The Bertz CT molecular complexity index is 578. The Morgan fingerprint density at radius 1 is 1.25 bits per heavy atom. The van der Waals surface area contributed by atoms with E-state index < -0.39 is 11.6 Å². The van der Waals surface area contributed by atoms with E-state index in [2.05, 4.69) is 5.32 Å². The molecule has 3 nitrogen and oxygen atoms in total. The monoisotopic (exact) mass is 358 g/mol. The minimum Gasteiger partial charge on any atom is -0.352 e. The number of benzene rings is 1. The molecule has 134 valence electrons. The maximum Gasteiger partial charge on any atom is 0.224 e. The number of amides is 1. The Labute approximate surface area is 147 Å². The van der Waals surface area contributed by atoms with Gasteiger partial charge < -0.3 is 11.1 Å². The third kappa shape index (κ3) is 4.25. The van der Waals surface area contributed by atoms with Gasteiger partial charge in [0.05, 0.1) is 0 Å². The van der Waals surface area contributed by atoms with Crippen molar-refractivity contribution in [1.82, 2.24) is 5.32 Å². The lowest BCUT2D eigenvalue weighted by Crippen LogP contribution is -2.46. The Balaban J connectivity index is 0.00000208. The largest absolute Gasteiger partial charge is 0.352 e. The second kappa shape index (κ2) is 8.26. The van der Waals surface area contributed by atoms with Crippen molar-refractivity contribution in [2.75, 3.05) is 6.54 Å². The van der Waals surface area contributed by atoms with Gasteiger partial charge in [-0.2, -0.15) is 0 Å². The summed E-state index contributed by atoms with van der Waals surface area (Å²) in [7, 11) is 0. The van der Waals surface area contributed by atoms with Crippen molar-refractivity contribution in [2.24, 2.45) is 17.6 Å². The van der Waals surface area contributed by atoms with Crippen molar-refractivity contribution in [3.8, 4) is 0 Å². The first-order valence-electron chi connectivity index (χ1n) is 8.55. The van der Waals surface area contributed by atoms with Crippen LogP contribution in [0.3, 0.4) is 0 Å². The SMILES string of the molecule is Cl.NCC(NC(=O)C1CC1c1ccc(F)cc1F)C1CCCCC1. The van der Waals surface area contributed by atoms with Crippen LogP contribution in [0, 0.1) is 23.5 Å². The van der Waals surface area contributed by atoms with Gasteiger partial charge in [0.25, 0.3) is 0 Å². The van der Waals surface area contributed by atoms with E-state index in [1.807, 2.05) is 0 Å². The van der Waals surface area contributed by atoms with Gasteiger partial charge in [-0.15, -0.1) is 12.4 Å². The smallest absolute Gasteiger partial charge is 0.224 e. The molecule has 0 aliphatic heterocycles. The minimum absolute atomic E-state index is 0. The summed E-state index contributed by atoms with van der Waals surface area (Å²) in [4.78, 5) is 12.4. The summed E-state index contributed by atoms with van der Waals surface area (Å²) in [5.41, 5.74) is 6.28. The van der Waals surface area contributed by atoms with E-state index in [9.17, 15) is 13.6 Å². The lowest BCUT2D eigenvalue weighted by Gasteiger charge is -2.30. The normalized spacial score (nSPS) is 24.8. The fourth-order valence-corrected chi connectivity index (χ4v) is 3.83. The summed E-state index contributed by atoms with van der Waals surface area (Å²) >= 11 is 0. The lowest BCUT2D eigenvalue weighted by molar-refractivity contribution is -0.123. The summed E-state index contributed by atoms with van der Waals surface area (Å²) in [6.45, 7) is 0.443. The lowest BCUT2D eigenvalue weighted by atomic mass is 9.84. The molecular weight excluding hydrogens is 334 g/mol. The summed E-state index contributed by atoms with van der Waals surface area (Å²) in [5.74, 6) is -1.09. The molecule has 1 aromatic rings. The average molecular weight is 359 g/mol. The highest BCUT2D eigenvalue weighted by atomic mass is 35.5. The van der Waals surface area contributed by atoms with Crippen LogP contribution in [-0.2, 0) is 4.79 Å². The van der Waals surface area contributed by atoms with Crippen LogP contribution in [0.25, 0.3) is 0 Å². The number of hydrogen-bond donors (Lipinski definition) is 2. The quantitative estimate of drug-likeness (QED) is 0.846. The molecule has 0 heterocycles.